The zero-order valence-electron chi connectivity index (χ0n) is 14.9. The fourth-order valence-corrected chi connectivity index (χ4v) is 3.44. The van der Waals surface area contributed by atoms with E-state index in [1.165, 1.54) is 7.11 Å². The zero-order valence-corrected chi connectivity index (χ0v) is 15.7. The van der Waals surface area contributed by atoms with Crippen molar-refractivity contribution in [3.63, 3.8) is 0 Å². The van der Waals surface area contributed by atoms with E-state index in [0.717, 1.165) is 0 Å². The molecule has 8 heteroatoms. The summed E-state index contributed by atoms with van der Waals surface area (Å²) in [5.74, 6) is -1.23. The first-order valence-corrected chi connectivity index (χ1v) is 10.1. The largest absolute Gasteiger partial charge is 0.494 e. The van der Waals surface area contributed by atoms with Crippen LogP contribution in [0.25, 0.3) is 0 Å². The molecule has 0 atom stereocenters. The summed E-state index contributed by atoms with van der Waals surface area (Å²) in [5, 5.41) is 2.55. The fourth-order valence-electron chi connectivity index (χ4n) is 2.26. The number of anilines is 1. The number of carbonyl (C=O) groups is 2. The van der Waals surface area contributed by atoms with Crippen molar-refractivity contribution in [2.24, 2.45) is 0 Å². The summed E-state index contributed by atoms with van der Waals surface area (Å²) in [6.45, 7) is 0.178. The molecule has 0 saturated carbocycles. The summed E-state index contributed by atoms with van der Waals surface area (Å²) in [6.07, 6.45) is 0.250. The van der Waals surface area contributed by atoms with Crippen molar-refractivity contribution < 1.29 is 27.5 Å². The lowest BCUT2D eigenvalue weighted by atomic mass is 10.2. The highest BCUT2D eigenvalue weighted by atomic mass is 32.2. The Balaban J connectivity index is 1.73. The molecule has 0 heterocycles. The van der Waals surface area contributed by atoms with Gasteiger partial charge in [-0.25, -0.2) is 13.2 Å². The number of hydrogen-bond acceptors (Lipinski definition) is 6. The standard InChI is InChI=1S/C19H21NO6S/c1-25-19(22)15-8-10-17(11-9-15)26-12-5-13-27(23,24)14-18(21)20-16-6-3-2-4-7-16/h2-4,6-11H,5,12-14H2,1H3,(H,20,21). The summed E-state index contributed by atoms with van der Waals surface area (Å²) < 4.78 is 34.1. The fraction of sp³-hybridized carbons (Fsp3) is 0.263. The Morgan fingerprint density at radius 3 is 2.30 bits per heavy atom. The van der Waals surface area contributed by atoms with Gasteiger partial charge >= 0.3 is 5.97 Å². The lowest BCUT2D eigenvalue weighted by molar-refractivity contribution is -0.113. The molecule has 0 saturated heterocycles. The van der Waals surface area contributed by atoms with Gasteiger partial charge in [0.1, 0.15) is 11.5 Å². The Bertz CT molecular complexity index is 863. The van der Waals surface area contributed by atoms with Gasteiger partial charge in [-0.05, 0) is 42.8 Å². The van der Waals surface area contributed by atoms with E-state index in [9.17, 15) is 18.0 Å². The minimum Gasteiger partial charge on any atom is -0.494 e. The predicted molar refractivity (Wildman–Crippen MR) is 102 cm³/mol. The zero-order chi connectivity index (χ0) is 19.7. The molecule has 0 aliphatic heterocycles. The van der Waals surface area contributed by atoms with Gasteiger partial charge < -0.3 is 14.8 Å². The van der Waals surface area contributed by atoms with E-state index in [0.29, 0.717) is 17.0 Å². The Morgan fingerprint density at radius 2 is 1.67 bits per heavy atom. The molecule has 1 amide bonds. The first-order valence-electron chi connectivity index (χ1n) is 8.26. The number of amides is 1. The second-order valence-electron chi connectivity index (χ2n) is 5.72. The molecule has 27 heavy (non-hydrogen) atoms. The van der Waals surface area contributed by atoms with Crippen LogP contribution in [0.4, 0.5) is 5.69 Å². The van der Waals surface area contributed by atoms with Gasteiger partial charge in [0.2, 0.25) is 5.91 Å². The number of rotatable bonds is 9. The summed E-state index contributed by atoms with van der Waals surface area (Å²) in [5.41, 5.74) is 0.952. The number of ether oxygens (including phenoxy) is 2. The first kappa shape index (κ1) is 20.4. The number of nitrogens with one attached hydrogen (secondary N) is 1. The Hall–Kier alpha value is -2.87. The molecule has 0 aliphatic carbocycles. The summed E-state index contributed by atoms with van der Waals surface area (Å²) in [4.78, 5) is 23.2. The predicted octanol–water partition coefficient (Wildman–Crippen LogP) is 2.30. The van der Waals surface area contributed by atoms with Crippen LogP contribution in [0.2, 0.25) is 0 Å². The number of para-hydroxylation sites is 1. The van der Waals surface area contributed by atoms with Crippen molar-refractivity contribution >= 4 is 27.4 Å². The van der Waals surface area contributed by atoms with Crippen molar-refractivity contribution in [3.05, 3.63) is 60.2 Å². The molecule has 2 rings (SSSR count). The van der Waals surface area contributed by atoms with Crippen LogP contribution in [-0.4, -0.2) is 45.5 Å². The molecule has 0 bridgehead atoms. The lowest BCUT2D eigenvalue weighted by Gasteiger charge is -2.08. The van der Waals surface area contributed by atoms with E-state index in [4.69, 9.17) is 4.74 Å². The van der Waals surface area contributed by atoms with E-state index >= 15 is 0 Å². The van der Waals surface area contributed by atoms with Crippen molar-refractivity contribution in [1.82, 2.24) is 0 Å². The van der Waals surface area contributed by atoms with Gasteiger partial charge in [0.25, 0.3) is 0 Å². The summed E-state index contributed by atoms with van der Waals surface area (Å²) >= 11 is 0. The van der Waals surface area contributed by atoms with Crippen LogP contribution >= 0.6 is 0 Å². The Morgan fingerprint density at radius 1 is 1.00 bits per heavy atom. The SMILES string of the molecule is COC(=O)c1ccc(OCCCS(=O)(=O)CC(=O)Nc2ccccc2)cc1. The van der Waals surface area contributed by atoms with E-state index in [-0.39, 0.29) is 18.8 Å². The van der Waals surface area contributed by atoms with Crippen LogP contribution in [0.3, 0.4) is 0 Å². The highest BCUT2D eigenvalue weighted by Crippen LogP contribution is 2.13. The third-order valence-corrected chi connectivity index (χ3v) is 5.17. The van der Waals surface area contributed by atoms with Gasteiger partial charge in [-0.15, -0.1) is 0 Å². The molecule has 0 aliphatic rings. The van der Waals surface area contributed by atoms with Crippen molar-refractivity contribution in [1.29, 1.82) is 0 Å². The van der Waals surface area contributed by atoms with E-state index in [1.54, 1.807) is 54.6 Å². The van der Waals surface area contributed by atoms with Crippen LogP contribution in [0.5, 0.6) is 5.75 Å². The highest BCUT2D eigenvalue weighted by Gasteiger charge is 2.16. The summed E-state index contributed by atoms with van der Waals surface area (Å²) in [7, 11) is -2.23. The lowest BCUT2D eigenvalue weighted by Crippen LogP contribution is -2.25. The minimum atomic E-state index is -3.53. The maximum Gasteiger partial charge on any atom is 0.337 e. The van der Waals surface area contributed by atoms with Crippen molar-refractivity contribution in [2.45, 2.75) is 6.42 Å². The van der Waals surface area contributed by atoms with Gasteiger partial charge in [-0.3, -0.25) is 4.79 Å². The first-order chi connectivity index (χ1) is 12.9. The normalized spacial score (nSPS) is 10.9. The van der Waals surface area contributed by atoms with Gasteiger partial charge in [-0.1, -0.05) is 18.2 Å². The van der Waals surface area contributed by atoms with Crippen molar-refractivity contribution in [3.8, 4) is 5.75 Å². The molecule has 0 unspecified atom stereocenters. The van der Waals surface area contributed by atoms with Gasteiger partial charge in [0.05, 0.1) is 25.0 Å². The number of esters is 1. The quantitative estimate of drug-likeness (QED) is 0.520. The van der Waals surface area contributed by atoms with Gasteiger partial charge in [0, 0.05) is 5.69 Å². The van der Waals surface area contributed by atoms with Crippen molar-refractivity contribution in [2.75, 3.05) is 30.5 Å². The molecule has 1 N–H and O–H groups in total. The average Bonchev–Trinajstić information content (AvgIpc) is 2.65. The minimum absolute atomic E-state index is 0.157. The van der Waals surface area contributed by atoms with Gasteiger partial charge in [-0.2, -0.15) is 0 Å². The third-order valence-electron chi connectivity index (χ3n) is 3.55. The maximum atomic E-state index is 12.0. The van der Waals surface area contributed by atoms with Crippen LogP contribution in [0.1, 0.15) is 16.8 Å². The molecular formula is C19H21NO6S. The number of hydrogen-bond donors (Lipinski definition) is 1. The number of carbonyl (C=O) groups excluding carboxylic acids is 2. The third kappa shape index (κ3) is 7.10. The second-order valence-corrected chi connectivity index (χ2v) is 7.91. The molecule has 0 aromatic heterocycles. The molecule has 2 aromatic carbocycles. The van der Waals surface area contributed by atoms with Crippen LogP contribution < -0.4 is 10.1 Å². The molecule has 0 radical (unpaired) electrons. The second kappa shape index (κ2) is 9.72. The Labute approximate surface area is 158 Å². The smallest absolute Gasteiger partial charge is 0.337 e. The molecule has 7 nitrogen and oxygen atoms in total. The van der Waals surface area contributed by atoms with Crippen LogP contribution in [0, 0.1) is 0 Å². The number of benzene rings is 2. The number of sulfone groups is 1. The molecule has 2 aromatic rings. The van der Waals surface area contributed by atoms with E-state index < -0.39 is 27.5 Å². The highest BCUT2D eigenvalue weighted by molar-refractivity contribution is 7.92. The molecule has 144 valence electrons. The average molecular weight is 391 g/mol. The molecular weight excluding hydrogens is 370 g/mol. The van der Waals surface area contributed by atoms with E-state index in [1.807, 2.05) is 0 Å². The monoisotopic (exact) mass is 391 g/mol. The van der Waals surface area contributed by atoms with E-state index in [2.05, 4.69) is 10.1 Å². The maximum absolute atomic E-state index is 12.0. The molecule has 0 spiro atoms. The topological polar surface area (TPSA) is 98.8 Å². The Kier molecular flexibility index (Phi) is 7.36. The number of methoxy groups -OCH3 is 1. The van der Waals surface area contributed by atoms with Crippen LogP contribution in [-0.2, 0) is 19.4 Å². The summed E-state index contributed by atoms with van der Waals surface area (Å²) in [6, 6.07) is 15.0. The van der Waals surface area contributed by atoms with Crippen LogP contribution in [0.15, 0.2) is 54.6 Å². The molecule has 0 fully saturated rings. The van der Waals surface area contributed by atoms with Gasteiger partial charge in [0.15, 0.2) is 9.84 Å².